The van der Waals surface area contributed by atoms with Crippen molar-refractivity contribution in [2.45, 2.75) is 19.8 Å². The predicted octanol–water partition coefficient (Wildman–Crippen LogP) is 3.27. The van der Waals surface area contributed by atoms with Crippen molar-refractivity contribution < 1.29 is 19.1 Å². The van der Waals surface area contributed by atoms with E-state index in [2.05, 4.69) is 5.32 Å². The molecule has 1 amide bonds. The van der Waals surface area contributed by atoms with Crippen molar-refractivity contribution in [3.05, 3.63) is 46.2 Å². The Morgan fingerprint density at radius 1 is 1.04 bits per heavy atom. The van der Waals surface area contributed by atoms with Gasteiger partial charge in [0, 0.05) is 36.8 Å². The molecule has 0 aliphatic heterocycles. The van der Waals surface area contributed by atoms with Gasteiger partial charge in [-0.1, -0.05) is 0 Å². The minimum atomic E-state index is -0.565. The molecule has 0 radical (unpaired) electrons. The number of esters is 1. The Labute approximate surface area is 156 Å². The lowest BCUT2D eigenvalue weighted by molar-refractivity contribution is -0.147. The summed E-state index contributed by atoms with van der Waals surface area (Å²) in [4.78, 5) is 39.1. The van der Waals surface area contributed by atoms with Crippen LogP contribution in [-0.4, -0.2) is 38.4 Å². The van der Waals surface area contributed by atoms with E-state index in [1.807, 2.05) is 44.1 Å². The molecule has 2 aromatic rings. The number of carbonyl (C=O) groups excluding carboxylic acids is 3. The van der Waals surface area contributed by atoms with Gasteiger partial charge < -0.3 is 15.0 Å². The number of ether oxygens (including phenoxy) is 1. The van der Waals surface area contributed by atoms with Crippen molar-refractivity contribution in [3.8, 4) is 0 Å². The Morgan fingerprint density at radius 2 is 1.73 bits per heavy atom. The average Bonchev–Trinajstić information content (AvgIpc) is 3.05. The standard InChI is InChI=1S/C19H22N2O4S/c1-13-4-10-17(26-13)16(22)9-11-19(24)25-12-18(23)20-14-5-7-15(8-6-14)21(2)3/h4-8,10H,9,11-12H2,1-3H3,(H,20,23). The Balaban J connectivity index is 1.71. The van der Waals surface area contributed by atoms with Crippen LogP contribution in [0, 0.1) is 6.92 Å². The lowest BCUT2D eigenvalue weighted by atomic mass is 10.2. The van der Waals surface area contributed by atoms with Crippen LogP contribution >= 0.6 is 11.3 Å². The highest BCUT2D eigenvalue weighted by atomic mass is 32.1. The molecule has 0 unspecified atom stereocenters. The molecule has 0 saturated heterocycles. The second kappa shape index (κ2) is 9.15. The molecule has 2 rings (SSSR count). The van der Waals surface area contributed by atoms with Crippen LogP contribution in [0.15, 0.2) is 36.4 Å². The van der Waals surface area contributed by atoms with Crippen molar-refractivity contribution in [2.24, 2.45) is 0 Å². The average molecular weight is 374 g/mol. The van der Waals surface area contributed by atoms with Crippen molar-refractivity contribution in [2.75, 3.05) is 30.9 Å². The van der Waals surface area contributed by atoms with E-state index < -0.39 is 11.9 Å². The van der Waals surface area contributed by atoms with Crippen molar-refractivity contribution in [1.82, 2.24) is 0 Å². The summed E-state index contributed by atoms with van der Waals surface area (Å²) in [5.41, 5.74) is 1.64. The fourth-order valence-electron chi connectivity index (χ4n) is 2.18. The molecule has 0 saturated carbocycles. The van der Waals surface area contributed by atoms with Crippen LogP contribution in [0.4, 0.5) is 11.4 Å². The van der Waals surface area contributed by atoms with Gasteiger partial charge >= 0.3 is 5.97 Å². The summed E-state index contributed by atoms with van der Waals surface area (Å²) in [6.45, 7) is 1.54. The zero-order valence-corrected chi connectivity index (χ0v) is 15.9. The number of amides is 1. The maximum absolute atomic E-state index is 11.9. The SMILES string of the molecule is Cc1ccc(C(=O)CCC(=O)OCC(=O)Nc2ccc(N(C)C)cc2)s1. The van der Waals surface area contributed by atoms with Crippen LogP contribution in [0.25, 0.3) is 0 Å². The molecule has 1 N–H and O–H groups in total. The van der Waals surface area contributed by atoms with Crippen molar-refractivity contribution in [1.29, 1.82) is 0 Å². The van der Waals surface area contributed by atoms with E-state index in [0.29, 0.717) is 10.6 Å². The van der Waals surface area contributed by atoms with Gasteiger partial charge in [-0.3, -0.25) is 14.4 Å². The third-order valence-corrected chi connectivity index (χ3v) is 4.64. The molecule has 1 heterocycles. The molecule has 6 nitrogen and oxygen atoms in total. The lowest BCUT2D eigenvalue weighted by Crippen LogP contribution is -2.21. The maximum atomic E-state index is 11.9. The predicted molar refractivity (Wildman–Crippen MR) is 103 cm³/mol. The molecule has 0 aliphatic rings. The van der Waals surface area contributed by atoms with Crippen LogP contribution in [0.3, 0.4) is 0 Å². The fraction of sp³-hybridized carbons (Fsp3) is 0.316. The van der Waals surface area contributed by atoms with Crippen LogP contribution < -0.4 is 10.2 Å². The summed E-state index contributed by atoms with van der Waals surface area (Å²) >= 11 is 1.40. The number of ketones is 1. The number of nitrogens with zero attached hydrogens (tertiary/aromatic N) is 1. The molecule has 0 spiro atoms. The van der Waals surface area contributed by atoms with Gasteiger partial charge in [0.1, 0.15) is 0 Å². The zero-order chi connectivity index (χ0) is 19.1. The molecule has 7 heteroatoms. The summed E-state index contributed by atoms with van der Waals surface area (Å²) in [5.74, 6) is -1.08. The second-order valence-electron chi connectivity index (χ2n) is 5.98. The summed E-state index contributed by atoms with van der Waals surface area (Å²) in [7, 11) is 3.86. The molecule has 138 valence electrons. The van der Waals surface area contributed by atoms with Gasteiger partial charge in [0.2, 0.25) is 0 Å². The van der Waals surface area contributed by atoms with Gasteiger partial charge in [0.25, 0.3) is 5.91 Å². The van der Waals surface area contributed by atoms with Crippen molar-refractivity contribution in [3.63, 3.8) is 0 Å². The first-order valence-corrected chi connectivity index (χ1v) is 8.99. The van der Waals surface area contributed by atoms with Gasteiger partial charge in [-0.05, 0) is 43.3 Å². The first-order valence-electron chi connectivity index (χ1n) is 8.17. The molecule has 1 aromatic heterocycles. The van der Waals surface area contributed by atoms with E-state index in [9.17, 15) is 14.4 Å². The largest absolute Gasteiger partial charge is 0.456 e. The van der Waals surface area contributed by atoms with Crippen molar-refractivity contribution >= 4 is 40.4 Å². The van der Waals surface area contributed by atoms with E-state index >= 15 is 0 Å². The van der Waals surface area contributed by atoms with Gasteiger partial charge in [-0.25, -0.2) is 0 Å². The van der Waals surface area contributed by atoms with Gasteiger partial charge in [0.15, 0.2) is 12.4 Å². The Kier molecular flexibility index (Phi) is 6.91. The van der Waals surface area contributed by atoms with E-state index in [0.717, 1.165) is 10.6 Å². The number of Topliss-reactive ketones (excluding diaryl/α,β-unsaturated/α-hetero) is 1. The number of rotatable bonds is 8. The molecule has 0 atom stereocenters. The number of benzene rings is 1. The molecule has 26 heavy (non-hydrogen) atoms. The topological polar surface area (TPSA) is 75.7 Å². The Bertz CT molecular complexity index is 781. The molecule has 1 aromatic carbocycles. The molecular formula is C19H22N2O4S. The second-order valence-corrected chi connectivity index (χ2v) is 7.27. The molecule has 0 fully saturated rings. The Hall–Kier alpha value is -2.67. The number of hydrogen-bond acceptors (Lipinski definition) is 6. The highest BCUT2D eigenvalue weighted by molar-refractivity contribution is 7.14. The van der Waals surface area contributed by atoms with Crippen LogP contribution in [0.2, 0.25) is 0 Å². The number of thiophene rings is 1. The quantitative estimate of drug-likeness (QED) is 0.567. The lowest BCUT2D eigenvalue weighted by Gasteiger charge is -2.13. The summed E-state index contributed by atoms with van der Waals surface area (Å²) in [5, 5.41) is 2.66. The zero-order valence-electron chi connectivity index (χ0n) is 15.1. The van der Waals surface area contributed by atoms with Crippen LogP contribution in [0.1, 0.15) is 27.4 Å². The number of nitrogens with one attached hydrogen (secondary N) is 1. The summed E-state index contributed by atoms with van der Waals surface area (Å²) in [6.07, 6.45) is 0.0347. The third kappa shape index (κ3) is 6.00. The number of aryl methyl sites for hydroxylation is 1. The highest BCUT2D eigenvalue weighted by Gasteiger charge is 2.13. The minimum absolute atomic E-state index is 0.0411. The van der Waals surface area contributed by atoms with E-state index in [1.54, 1.807) is 18.2 Å². The van der Waals surface area contributed by atoms with E-state index in [1.165, 1.54) is 11.3 Å². The number of hydrogen-bond donors (Lipinski definition) is 1. The first kappa shape index (κ1) is 19.7. The van der Waals surface area contributed by atoms with Crippen LogP contribution in [-0.2, 0) is 14.3 Å². The number of anilines is 2. The van der Waals surface area contributed by atoms with E-state index in [4.69, 9.17) is 4.74 Å². The monoisotopic (exact) mass is 374 g/mol. The summed E-state index contributed by atoms with van der Waals surface area (Å²) in [6, 6.07) is 10.9. The Morgan fingerprint density at radius 3 is 2.31 bits per heavy atom. The van der Waals surface area contributed by atoms with Crippen LogP contribution in [0.5, 0.6) is 0 Å². The number of carbonyl (C=O) groups is 3. The third-order valence-electron chi connectivity index (χ3n) is 3.60. The smallest absolute Gasteiger partial charge is 0.306 e. The first-order chi connectivity index (χ1) is 12.3. The molecule has 0 aliphatic carbocycles. The van der Waals surface area contributed by atoms with Gasteiger partial charge in [0.05, 0.1) is 11.3 Å². The van der Waals surface area contributed by atoms with Gasteiger partial charge in [-0.2, -0.15) is 0 Å². The minimum Gasteiger partial charge on any atom is -0.456 e. The normalized spacial score (nSPS) is 10.3. The maximum Gasteiger partial charge on any atom is 0.306 e. The fourth-order valence-corrected chi connectivity index (χ4v) is 3.02. The summed E-state index contributed by atoms with van der Waals surface area (Å²) < 4.78 is 4.92. The highest BCUT2D eigenvalue weighted by Crippen LogP contribution is 2.18. The molecular weight excluding hydrogens is 352 g/mol. The molecule has 0 bridgehead atoms. The van der Waals surface area contributed by atoms with Gasteiger partial charge in [-0.15, -0.1) is 11.3 Å². The van der Waals surface area contributed by atoms with E-state index in [-0.39, 0.29) is 25.2 Å².